The first-order valence-corrected chi connectivity index (χ1v) is 16.0. The highest BCUT2D eigenvalue weighted by Crippen LogP contribution is 2.45. The fourth-order valence-electron chi connectivity index (χ4n) is 6.87. The van der Waals surface area contributed by atoms with E-state index in [2.05, 4.69) is 26.0 Å². The highest BCUT2D eigenvalue weighted by Gasteiger charge is 2.44. The van der Waals surface area contributed by atoms with Crippen LogP contribution in [0.4, 0.5) is 8.78 Å². The Morgan fingerprint density at radius 3 is 2.20 bits per heavy atom. The lowest BCUT2D eigenvalue weighted by Crippen LogP contribution is -2.48. The zero-order valence-electron chi connectivity index (χ0n) is 27.4. The average Bonchev–Trinajstić information content (AvgIpc) is 3.00. The molecule has 1 aliphatic heterocycles. The first-order chi connectivity index (χ1) is 20.9. The molecule has 1 amide bonds. The van der Waals surface area contributed by atoms with E-state index in [0.29, 0.717) is 25.5 Å². The number of hydrogen-bond acceptors (Lipinski definition) is 5. The van der Waals surface area contributed by atoms with Gasteiger partial charge >= 0.3 is 0 Å². The smallest absolute Gasteiger partial charge is 0.252 e. The zero-order chi connectivity index (χ0) is 32.0. The lowest BCUT2D eigenvalue weighted by Gasteiger charge is -2.46. The van der Waals surface area contributed by atoms with Crippen molar-refractivity contribution in [2.45, 2.75) is 103 Å². The Kier molecular flexibility index (Phi) is 11.3. The first-order valence-electron chi connectivity index (χ1n) is 16.0. The molecule has 0 unspecified atom stereocenters. The molecule has 1 saturated carbocycles. The van der Waals surface area contributed by atoms with Crippen LogP contribution in [0, 0.1) is 11.3 Å². The summed E-state index contributed by atoms with van der Waals surface area (Å²) in [5.74, 6) is 1.62. The van der Waals surface area contributed by atoms with Gasteiger partial charge in [0.25, 0.3) is 6.43 Å². The van der Waals surface area contributed by atoms with E-state index >= 15 is 0 Å². The fourth-order valence-corrected chi connectivity index (χ4v) is 6.87. The number of alkyl halides is 2. The lowest BCUT2D eigenvalue weighted by molar-refractivity contribution is -0.150. The average molecular weight is 616 g/mol. The molecule has 2 aromatic carbocycles. The Morgan fingerprint density at radius 2 is 1.64 bits per heavy atom. The number of hydrogen-bond donors (Lipinski definition) is 0. The van der Waals surface area contributed by atoms with Crippen LogP contribution < -0.4 is 9.47 Å². The van der Waals surface area contributed by atoms with Gasteiger partial charge in [-0.25, -0.2) is 8.78 Å². The number of ether oxygens (including phenoxy) is 4. The molecule has 0 N–H and O–H groups in total. The van der Waals surface area contributed by atoms with E-state index in [1.807, 2.05) is 36.4 Å². The molecule has 1 atom stereocenters. The van der Waals surface area contributed by atoms with Crippen LogP contribution in [0.3, 0.4) is 0 Å². The third kappa shape index (κ3) is 8.51. The molecule has 1 saturated heterocycles. The Labute approximate surface area is 262 Å². The number of benzene rings is 2. The molecule has 0 spiro atoms. The maximum Gasteiger partial charge on any atom is 0.252 e. The second-order valence-corrected chi connectivity index (χ2v) is 13.9. The predicted octanol–water partition coefficient (Wildman–Crippen LogP) is 7.82. The van der Waals surface area contributed by atoms with Gasteiger partial charge in [-0.2, -0.15) is 0 Å². The normalized spacial score (nSPS) is 23.8. The Hall–Kier alpha value is -2.71. The minimum absolute atomic E-state index is 0.178. The van der Waals surface area contributed by atoms with Gasteiger partial charge in [-0.15, -0.1) is 0 Å². The molecule has 44 heavy (non-hydrogen) atoms. The van der Waals surface area contributed by atoms with Gasteiger partial charge in [-0.1, -0.05) is 24.3 Å². The highest BCUT2D eigenvalue weighted by atomic mass is 19.3. The molecule has 2 aromatic rings. The van der Waals surface area contributed by atoms with E-state index in [-0.39, 0.29) is 23.7 Å². The molecular formula is C36H51F2NO5. The minimum Gasteiger partial charge on any atom is -0.497 e. The van der Waals surface area contributed by atoms with Gasteiger partial charge in [0.15, 0.2) is 0 Å². The van der Waals surface area contributed by atoms with Crippen LogP contribution in [-0.4, -0.2) is 62.9 Å². The van der Waals surface area contributed by atoms with Crippen molar-refractivity contribution in [3.05, 3.63) is 59.7 Å². The van der Waals surface area contributed by atoms with Crippen molar-refractivity contribution in [2.75, 3.05) is 34.0 Å². The van der Waals surface area contributed by atoms with Crippen molar-refractivity contribution in [1.29, 1.82) is 0 Å². The number of methoxy groups -OCH3 is 2. The SMILES string of the molecule is COC[C@H]1CC[C@H](Oc2ccc(CN(CC[C@@]3(c4ccc(OC)cc4)CCOC(C)(C)C3)C(=O)C(C)(C)C(F)F)cc2)CC1. The number of nitrogens with zero attached hydrogens (tertiary/aromatic N) is 1. The molecular weight excluding hydrogens is 564 g/mol. The molecule has 2 aliphatic rings. The largest absolute Gasteiger partial charge is 0.497 e. The maximum atomic E-state index is 14.1. The van der Waals surface area contributed by atoms with Gasteiger partial charge in [0.2, 0.25) is 5.91 Å². The Balaban J connectivity index is 1.51. The second-order valence-electron chi connectivity index (χ2n) is 13.9. The van der Waals surface area contributed by atoms with Gasteiger partial charge in [-0.05, 0) is 114 Å². The quantitative estimate of drug-likeness (QED) is 0.230. The monoisotopic (exact) mass is 615 g/mol. The second kappa shape index (κ2) is 14.6. The van der Waals surface area contributed by atoms with Crippen molar-refractivity contribution in [3.63, 3.8) is 0 Å². The first kappa shape index (κ1) is 34.2. The predicted molar refractivity (Wildman–Crippen MR) is 168 cm³/mol. The summed E-state index contributed by atoms with van der Waals surface area (Å²) in [6.45, 7) is 8.82. The van der Waals surface area contributed by atoms with E-state index in [9.17, 15) is 13.6 Å². The highest BCUT2D eigenvalue weighted by molar-refractivity contribution is 5.82. The van der Waals surface area contributed by atoms with E-state index < -0.39 is 17.7 Å². The van der Waals surface area contributed by atoms with Crippen LogP contribution in [0.2, 0.25) is 0 Å². The number of carbonyl (C=O) groups is 1. The van der Waals surface area contributed by atoms with E-state index in [4.69, 9.17) is 18.9 Å². The van der Waals surface area contributed by atoms with Crippen LogP contribution >= 0.6 is 0 Å². The van der Waals surface area contributed by atoms with Crippen LogP contribution in [0.1, 0.15) is 83.8 Å². The Bertz CT molecular complexity index is 1190. The molecule has 6 nitrogen and oxygen atoms in total. The van der Waals surface area contributed by atoms with Gasteiger partial charge in [0.1, 0.15) is 16.9 Å². The van der Waals surface area contributed by atoms with Crippen molar-refractivity contribution < 1.29 is 32.5 Å². The molecule has 0 bridgehead atoms. The third-order valence-electron chi connectivity index (χ3n) is 9.58. The van der Waals surface area contributed by atoms with Crippen molar-refractivity contribution in [1.82, 2.24) is 4.90 Å². The van der Waals surface area contributed by atoms with Crippen molar-refractivity contribution in [2.24, 2.45) is 11.3 Å². The van der Waals surface area contributed by atoms with Gasteiger partial charge < -0.3 is 23.8 Å². The van der Waals surface area contributed by atoms with Gasteiger partial charge in [0, 0.05) is 38.8 Å². The number of carbonyl (C=O) groups excluding carboxylic acids is 1. The summed E-state index contributed by atoms with van der Waals surface area (Å²) in [6.07, 6.45) is 3.75. The summed E-state index contributed by atoms with van der Waals surface area (Å²) >= 11 is 0. The van der Waals surface area contributed by atoms with E-state index in [1.54, 1.807) is 19.1 Å². The summed E-state index contributed by atoms with van der Waals surface area (Å²) in [6, 6.07) is 15.8. The number of rotatable bonds is 13. The standard InChI is InChI=1S/C36H51F2NO5/c1-34(2)25-36(20-22-43-34,28-11-17-29(42-6)18-12-28)19-21-39(33(40)35(3,4)32(37)38)23-26-7-13-30(14-8-26)44-31-15-9-27(10-16-31)24-41-5/h7-8,11-14,17-18,27,31-32H,9-10,15-16,19-25H2,1-6H3/t27-,31-,36-/m1/s1. The maximum absolute atomic E-state index is 14.1. The number of amides is 1. The molecule has 4 rings (SSSR count). The van der Waals surface area contributed by atoms with Crippen molar-refractivity contribution in [3.8, 4) is 11.5 Å². The van der Waals surface area contributed by atoms with E-state index in [0.717, 1.165) is 67.8 Å². The van der Waals surface area contributed by atoms with E-state index in [1.165, 1.54) is 13.8 Å². The minimum atomic E-state index is -2.77. The molecule has 1 aliphatic carbocycles. The van der Waals surface area contributed by atoms with Crippen LogP contribution in [-0.2, 0) is 26.2 Å². The lowest BCUT2D eigenvalue weighted by atomic mass is 9.67. The summed E-state index contributed by atoms with van der Waals surface area (Å²) in [5, 5.41) is 0. The van der Waals surface area contributed by atoms with Gasteiger partial charge in [-0.3, -0.25) is 4.79 Å². The summed E-state index contributed by atoms with van der Waals surface area (Å²) in [4.78, 5) is 15.3. The molecule has 244 valence electrons. The summed E-state index contributed by atoms with van der Waals surface area (Å²) in [7, 11) is 3.39. The zero-order valence-corrected chi connectivity index (χ0v) is 27.4. The van der Waals surface area contributed by atoms with Gasteiger partial charge in [0.05, 0.1) is 18.8 Å². The summed E-state index contributed by atoms with van der Waals surface area (Å²) < 4.78 is 51.3. The Morgan fingerprint density at radius 1 is 1.00 bits per heavy atom. The molecule has 1 heterocycles. The molecule has 0 radical (unpaired) electrons. The number of halogens is 2. The van der Waals surface area contributed by atoms with Crippen LogP contribution in [0.25, 0.3) is 0 Å². The molecule has 8 heteroatoms. The van der Waals surface area contributed by atoms with Crippen LogP contribution in [0.15, 0.2) is 48.5 Å². The molecule has 2 fully saturated rings. The van der Waals surface area contributed by atoms with Crippen LogP contribution in [0.5, 0.6) is 11.5 Å². The molecule has 0 aromatic heterocycles. The summed E-state index contributed by atoms with van der Waals surface area (Å²) in [5.41, 5.74) is -0.402. The van der Waals surface area contributed by atoms with Crippen molar-refractivity contribution >= 4 is 5.91 Å². The third-order valence-corrected chi connectivity index (χ3v) is 9.58. The topological polar surface area (TPSA) is 57.2 Å². The fraction of sp³-hybridized carbons (Fsp3) is 0.639.